The maximum absolute atomic E-state index is 12.0. The van der Waals surface area contributed by atoms with E-state index in [-0.39, 0.29) is 17.7 Å². The molecule has 150 valence electrons. The van der Waals surface area contributed by atoms with Crippen molar-refractivity contribution < 1.29 is 14.3 Å². The number of aromatic nitrogens is 3. The first-order valence-electron chi connectivity index (χ1n) is 9.27. The quantitative estimate of drug-likeness (QED) is 0.658. The number of rotatable bonds is 8. The Morgan fingerprint density at radius 2 is 1.96 bits per heavy atom. The van der Waals surface area contributed by atoms with Crippen LogP contribution < -0.4 is 15.4 Å². The third-order valence-electron chi connectivity index (χ3n) is 4.11. The predicted octanol–water partition coefficient (Wildman–Crippen LogP) is 2.69. The number of nitrogens with one attached hydrogen (secondary N) is 2. The van der Waals surface area contributed by atoms with E-state index in [4.69, 9.17) is 4.74 Å². The van der Waals surface area contributed by atoms with E-state index in [9.17, 15) is 9.59 Å². The van der Waals surface area contributed by atoms with Gasteiger partial charge in [-0.3, -0.25) is 10.1 Å². The Balaban J connectivity index is 1.68. The Bertz CT molecular complexity index is 831. The van der Waals surface area contributed by atoms with Crippen molar-refractivity contribution in [1.29, 1.82) is 0 Å². The molecule has 3 amide bonds. The van der Waals surface area contributed by atoms with Crippen molar-refractivity contribution in [3.63, 3.8) is 0 Å². The summed E-state index contributed by atoms with van der Waals surface area (Å²) in [4.78, 5) is 23.7. The fourth-order valence-electron chi connectivity index (χ4n) is 2.62. The SMILES string of the molecule is COc1ccc(-c2nnc(SCC(=O)NC(=O)NC3CC3)n2CC(C)C)cc1. The molecule has 1 heterocycles. The number of carbonyl (C=O) groups excluding carboxylic acids is 2. The molecule has 1 fully saturated rings. The second kappa shape index (κ2) is 9.09. The van der Waals surface area contributed by atoms with Crippen LogP contribution in [0.15, 0.2) is 29.4 Å². The minimum atomic E-state index is -0.435. The Morgan fingerprint density at radius 1 is 1.25 bits per heavy atom. The van der Waals surface area contributed by atoms with Crippen LogP contribution in [0.25, 0.3) is 11.4 Å². The van der Waals surface area contributed by atoms with Gasteiger partial charge < -0.3 is 14.6 Å². The highest BCUT2D eigenvalue weighted by atomic mass is 32.2. The van der Waals surface area contributed by atoms with E-state index in [0.717, 1.165) is 36.5 Å². The summed E-state index contributed by atoms with van der Waals surface area (Å²) in [6.07, 6.45) is 1.95. The van der Waals surface area contributed by atoms with Gasteiger partial charge >= 0.3 is 6.03 Å². The molecule has 1 aromatic carbocycles. The zero-order valence-corrected chi connectivity index (χ0v) is 17.1. The van der Waals surface area contributed by atoms with Crippen LogP contribution in [0.2, 0.25) is 0 Å². The van der Waals surface area contributed by atoms with Gasteiger partial charge in [0.2, 0.25) is 5.91 Å². The lowest BCUT2D eigenvalue weighted by Crippen LogP contribution is -2.41. The second-order valence-corrected chi connectivity index (χ2v) is 8.07. The van der Waals surface area contributed by atoms with Crippen LogP contribution in [0, 0.1) is 5.92 Å². The summed E-state index contributed by atoms with van der Waals surface area (Å²) >= 11 is 1.27. The first-order valence-corrected chi connectivity index (χ1v) is 10.3. The Kier molecular flexibility index (Phi) is 6.56. The molecular formula is C19H25N5O3S. The molecule has 0 atom stereocenters. The summed E-state index contributed by atoms with van der Waals surface area (Å²) in [5, 5.41) is 14.3. The number of thioether (sulfide) groups is 1. The molecule has 8 nitrogen and oxygen atoms in total. The average molecular weight is 404 g/mol. The summed E-state index contributed by atoms with van der Waals surface area (Å²) in [5.41, 5.74) is 0.925. The highest BCUT2D eigenvalue weighted by Gasteiger charge is 2.24. The largest absolute Gasteiger partial charge is 0.497 e. The van der Waals surface area contributed by atoms with Gasteiger partial charge in [-0.15, -0.1) is 10.2 Å². The fraction of sp³-hybridized carbons (Fsp3) is 0.474. The van der Waals surface area contributed by atoms with Crippen molar-refractivity contribution in [2.75, 3.05) is 12.9 Å². The maximum atomic E-state index is 12.0. The molecule has 0 unspecified atom stereocenters. The molecule has 1 saturated carbocycles. The van der Waals surface area contributed by atoms with Gasteiger partial charge in [-0.2, -0.15) is 0 Å². The van der Waals surface area contributed by atoms with Crippen LogP contribution in [0.5, 0.6) is 5.75 Å². The van der Waals surface area contributed by atoms with Gasteiger partial charge in [0, 0.05) is 18.2 Å². The fourth-order valence-corrected chi connectivity index (χ4v) is 3.37. The zero-order chi connectivity index (χ0) is 20.1. The number of amides is 3. The number of benzene rings is 1. The van der Waals surface area contributed by atoms with E-state index in [0.29, 0.717) is 11.1 Å². The number of hydrogen-bond acceptors (Lipinski definition) is 6. The van der Waals surface area contributed by atoms with Gasteiger partial charge in [-0.25, -0.2) is 4.79 Å². The van der Waals surface area contributed by atoms with Gasteiger partial charge in [0.25, 0.3) is 0 Å². The van der Waals surface area contributed by atoms with Crippen LogP contribution in [-0.4, -0.2) is 45.6 Å². The third kappa shape index (κ3) is 5.48. The molecule has 1 aliphatic rings. The maximum Gasteiger partial charge on any atom is 0.321 e. The molecule has 1 aliphatic carbocycles. The van der Waals surface area contributed by atoms with E-state index >= 15 is 0 Å². The standard InChI is InChI=1S/C19H25N5O3S/c1-12(2)10-24-17(13-4-8-15(27-3)9-5-13)22-23-19(24)28-11-16(25)21-18(26)20-14-6-7-14/h4-5,8-9,12,14H,6-7,10-11H2,1-3H3,(H2,20,21,25,26). The molecule has 28 heavy (non-hydrogen) atoms. The van der Waals surface area contributed by atoms with Crippen molar-refractivity contribution in [2.24, 2.45) is 5.92 Å². The monoisotopic (exact) mass is 403 g/mol. The predicted molar refractivity (Wildman–Crippen MR) is 107 cm³/mol. The molecule has 0 saturated heterocycles. The van der Waals surface area contributed by atoms with Gasteiger partial charge in [0.15, 0.2) is 11.0 Å². The number of nitrogens with zero attached hydrogens (tertiary/aromatic N) is 3. The lowest BCUT2D eigenvalue weighted by molar-refractivity contribution is -0.117. The summed E-state index contributed by atoms with van der Waals surface area (Å²) in [6.45, 7) is 4.95. The van der Waals surface area contributed by atoms with E-state index in [1.807, 2.05) is 28.8 Å². The number of imide groups is 1. The minimum Gasteiger partial charge on any atom is -0.497 e. The third-order valence-corrected chi connectivity index (χ3v) is 5.08. The highest BCUT2D eigenvalue weighted by Crippen LogP contribution is 2.26. The summed E-state index contributed by atoms with van der Waals surface area (Å²) in [7, 11) is 1.63. The Labute approximate surface area is 168 Å². The number of urea groups is 1. The summed E-state index contributed by atoms with van der Waals surface area (Å²) < 4.78 is 7.21. The Hall–Kier alpha value is -2.55. The van der Waals surface area contributed by atoms with Crippen molar-refractivity contribution in [2.45, 2.75) is 44.4 Å². The number of carbonyl (C=O) groups is 2. The first kappa shape index (κ1) is 20.2. The molecule has 2 aromatic rings. The van der Waals surface area contributed by atoms with Crippen LogP contribution in [0.3, 0.4) is 0 Å². The lowest BCUT2D eigenvalue weighted by Gasteiger charge is -2.12. The average Bonchev–Trinajstić information content (AvgIpc) is 3.38. The highest BCUT2D eigenvalue weighted by molar-refractivity contribution is 7.99. The molecule has 0 aliphatic heterocycles. The van der Waals surface area contributed by atoms with Crippen LogP contribution in [0.4, 0.5) is 4.79 Å². The molecule has 0 radical (unpaired) electrons. The number of ether oxygens (including phenoxy) is 1. The lowest BCUT2D eigenvalue weighted by atomic mass is 10.2. The van der Waals surface area contributed by atoms with Gasteiger partial charge in [-0.05, 0) is 43.0 Å². The molecule has 0 bridgehead atoms. The molecule has 9 heteroatoms. The van der Waals surface area contributed by atoms with E-state index in [2.05, 4.69) is 34.7 Å². The molecule has 2 N–H and O–H groups in total. The van der Waals surface area contributed by atoms with Gasteiger partial charge in [0.05, 0.1) is 12.9 Å². The van der Waals surface area contributed by atoms with Crippen LogP contribution in [-0.2, 0) is 11.3 Å². The smallest absolute Gasteiger partial charge is 0.321 e. The van der Waals surface area contributed by atoms with Gasteiger partial charge in [0.1, 0.15) is 5.75 Å². The van der Waals surface area contributed by atoms with Gasteiger partial charge in [-0.1, -0.05) is 25.6 Å². The Morgan fingerprint density at radius 3 is 2.57 bits per heavy atom. The van der Waals surface area contributed by atoms with E-state index in [1.54, 1.807) is 7.11 Å². The minimum absolute atomic E-state index is 0.0942. The van der Waals surface area contributed by atoms with E-state index < -0.39 is 6.03 Å². The van der Waals surface area contributed by atoms with Crippen LogP contribution >= 0.6 is 11.8 Å². The van der Waals surface area contributed by atoms with Crippen molar-refractivity contribution in [1.82, 2.24) is 25.4 Å². The topological polar surface area (TPSA) is 98.1 Å². The molecule has 3 rings (SSSR count). The molecule has 0 spiro atoms. The van der Waals surface area contributed by atoms with Crippen LogP contribution in [0.1, 0.15) is 26.7 Å². The van der Waals surface area contributed by atoms with Crippen molar-refractivity contribution in [3.05, 3.63) is 24.3 Å². The van der Waals surface area contributed by atoms with Crippen molar-refractivity contribution >= 4 is 23.7 Å². The molecule has 1 aromatic heterocycles. The zero-order valence-electron chi connectivity index (χ0n) is 16.3. The summed E-state index contributed by atoms with van der Waals surface area (Å²) in [5.74, 6) is 1.63. The second-order valence-electron chi connectivity index (χ2n) is 7.12. The molecular weight excluding hydrogens is 378 g/mol. The van der Waals surface area contributed by atoms with E-state index in [1.165, 1.54) is 11.8 Å². The first-order chi connectivity index (χ1) is 13.5. The number of methoxy groups -OCH3 is 1. The van der Waals surface area contributed by atoms with Crippen molar-refractivity contribution in [3.8, 4) is 17.1 Å². The number of hydrogen-bond donors (Lipinski definition) is 2. The summed E-state index contributed by atoms with van der Waals surface area (Å²) in [6, 6.07) is 7.40. The normalized spacial score (nSPS) is 13.4.